The van der Waals surface area contributed by atoms with Gasteiger partial charge in [0.05, 0.1) is 24.2 Å². The third-order valence-electron chi connectivity index (χ3n) is 5.22. The van der Waals surface area contributed by atoms with Crippen molar-refractivity contribution in [2.75, 3.05) is 0 Å². The number of carbonyl (C=O) groups excluding carboxylic acids is 1. The lowest BCUT2D eigenvalue weighted by atomic mass is 10.2. The molecule has 1 amide bonds. The van der Waals surface area contributed by atoms with E-state index in [2.05, 4.69) is 11.6 Å². The lowest BCUT2D eigenvalue weighted by Gasteiger charge is -2.23. The molecule has 0 spiro atoms. The Bertz CT molecular complexity index is 974. The quantitative estimate of drug-likeness (QED) is 0.608. The summed E-state index contributed by atoms with van der Waals surface area (Å²) in [5.41, 5.74) is 1.47. The number of rotatable bonds is 9. The maximum atomic E-state index is 13.0. The minimum Gasteiger partial charge on any atom is -0.334 e. The van der Waals surface area contributed by atoms with Gasteiger partial charge in [-0.15, -0.1) is 6.58 Å². The molecular weight excluding hydrogens is 374 g/mol. The first-order chi connectivity index (χ1) is 13.5. The van der Waals surface area contributed by atoms with Crippen molar-refractivity contribution in [3.8, 4) is 0 Å². The van der Waals surface area contributed by atoms with E-state index < -0.39 is 9.84 Å². The molecule has 1 aromatic carbocycles. The first kappa shape index (κ1) is 18.9. The van der Waals surface area contributed by atoms with Crippen LogP contribution in [0.4, 0.5) is 0 Å². The van der Waals surface area contributed by atoms with Gasteiger partial charge in [0.25, 0.3) is 0 Å². The molecule has 2 aliphatic carbocycles. The maximum Gasteiger partial charge on any atom is 0.228 e. The number of imidazole rings is 1. The van der Waals surface area contributed by atoms with E-state index in [1.165, 1.54) is 0 Å². The van der Waals surface area contributed by atoms with Gasteiger partial charge in [-0.25, -0.2) is 13.4 Å². The molecule has 2 fully saturated rings. The Balaban J connectivity index is 1.61. The Morgan fingerprint density at radius 1 is 1.21 bits per heavy atom. The molecule has 2 saturated carbocycles. The molecule has 0 unspecified atom stereocenters. The number of hydrogen-bond acceptors (Lipinski definition) is 4. The van der Waals surface area contributed by atoms with Crippen LogP contribution in [0.1, 0.15) is 36.9 Å². The zero-order valence-electron chi connectivity index (χ0n) is 15.8. The predicted molar refractivity (Wildman–Crippen MR) is 106 cm³/mol. The van der Waals surface area contributed by atoms with E-state index in [-0.39, 0.29) is 28.8 Å². The molecule has 0 saturated heterocycles. The van der Waals surface area contributed by atoms with Crippen LogP contribution in [0, 0.1) is 5.92 Å². The van der Waals surface area contributed by atoms with Crippen molar-refractivity contribution in [2.45, 2.75) is 55.7 Å². The van der Waals surface area contributed by atoms with Gasteiger partial charge in [0.2, 0.25) is 20.9 Å². The van der Waals surface area contributed by atoms with Gasteiger partial charge in [0.15, 0.2) is 0 Å². The first-order valence-corrected chi connectivity index (χ1v) is 11.4. The number of aromatic nitrogens is 2. The highest BCUT2D eigenvalue weighted by atomic mass is 32.2. The topological polar surface area (TPSA) is 72.3 Å². The van der Waals surface area contributed by atoms with Crippen LogP contribution in [-0.4, -0.2) is 34.8 Å². The van der Waals surface area contributed by atoms with Crippen molar-refractivity contribution in [3.63, 3.8) is 0 Å². The Labute approximate surface area is 165 Å². The molecule has 148 valence electrons. The molecule has 1 aromatic heterocycles. The van der Waals surface area contributed by atoms with E-state index in [1.54, 1.807) is 29.0 Å². The average molecular weight is 400 g/mol. The number of carbonyl (C=O) groups is 1. The van der Waals surface area contributed by atoms with Crippen LogP contribution >= 0.6 is 0 Å². The third-order valence-corrected chi connectivity index (χ3v) is 6.82. The summed E-state index contributed by atoms with van der Waals surface area (Å²) in [5, 5.41) is 0.0425. The number of sulfone groups is 1. The Kier molecular flexibility index (Phi) is 5.10. The molecule has 4 rings (SSSR count). The largest absolute Gasteiger partial charge is 0.334 e. The summed E-state index contributed by atoms with van der Waals surface area (Å²) in [4.78, 5) is 18.8. The Morgan fingerprint density at radius 3 is 2.54 bits per heavy atom. The van der Waals surface area contributed by atoms with E-state index in [4.69, 9.17) is 0 Å². The minimum absolute atomic E-state index is 0.0425. The summed E-state index contributed by atoms with van der Waals surface area (Å²) in [5.74, 6) is 0.245. The van der Waals surface area contributed by atoms with E-state index >= 15 is 0 Å². The van der Waals surface area contributed by atoms with Gasteiger partial charge in [-0.2, -0.15) is 0 Å². The molecule has 6 nitrogen and oxygen atoms in total. The van der Waals surface area contributed by atoms with Crippen LogP contribution in [0.25, 0.3) is 0 Å². The van der Waals surface area contributed by atoms with E-state index in [0.29, 0.717) is 13.1 Å². The van der Waals surface area contributed by atoms with Crippen LogP contribution in [0.2, 0.25) is 0 Å². The van der Waals surface area contributed by atoms with Crippen LogP contribution in [0.3, 0.4) is 0 Å². The summed E-state index contributed by atoms with van der Waals surface area (Å²) in [6.45, 7) is 4.51. The highest BCUT2D eigenvalue weighted by Crippen LogP contribution is 2.37. The van der Waals surface area contributed by atoms with Gasteiger partial charge in [0.1, 0.15) is 0 Å². The summed E-state index contributed by atoms with van der Waals surface area (Å²) in [6.07, 6.45) is 7.23. The number of hydrogen-bond donors (Lipinski definition) is 0. The van der Waals surface area contributed by atoms with E-state index in [0.717, 1.165) is 36.9 Å². The molecular formula is C21H25N3O3S. The zero-order valence-corrected chi connectivity index (χ0v) is 16.6. The number of amides is 1. The molecule has 0 N–H and O–H groups in total. The monoisotopic (exact) mass is 399 g/mol. The predicted octanol–water partition coefficient (Wildman–Crippen LogP) is 2.94. The van der Waals surface area contributed by atoms with Crippen molar-refractivity contribution in [2.24, 2.45) is 5.92 Å². The molecule has 2 aliphatic rings. The highest BCUT2D eigenvalue weighted by molar-refractivity contribution is 7.90. The normalized spacial score (nSPS) is 16.7. The van der Waals surface area contributed by atoms with Gasteiger partial charge in [-0.1, -0.05) is 36.4 Å². The van der Waals surface area contributed by atoms with Gasteiger partial charge in [-0.05, 0) is 31.2 Å². The zero-order chi connectivity index (χ0) is 19.7. The second kappa shape index (κ2) is 7.54. The fraction of sp³-hybridized carbons (Fsp3) is 0.429. The Morgan fingerprint density at radius 2 is 1.93 bits per heavy atom. The summed E-state index contributed by atoms with van der Waals surface area (Å²) in [7, 11) is -3.61. The molecule has 2 aromatic rings. The second-order valence-corrected chi connectivity index (χ2v) is 9.53. The van der Waals surface area contributed by atoms with E-state index in [9.17, 15) is 13.2 Å². The summed E-state index contributed by atoms with van der Waals surface area (Å²) < 4.78 is 27.7. The van der Waals surface area contributed by atoms with Crippen LogP contribution < -0.4 is 0 Å². The van der Waals surface area contributed by atoms with Gasteiger partial charge < -0.3 is 9.47 Å². The smallest absolute Gasteiger partial charge is 0.228 e. The SMILES string of the molecule is C=CCn1c(CN(C(=O)C2CC2)C2CC2)cnc1S(=O)(=O)Cc1ccccc1. The third kappa shape index (κ3) is 4.04. The van der Waals surface area contributed by atoms with Gasteiger partial charge >= 0.3 is 0 Å². The second-order valence-electron chi connectivity index (χ2n) is 7.65. The number of benzene rings is 1. The molecule has 0 bridgehead atoms. The molecule has 1 heterocycles. The van der Waals surface area contributed by atoms with Crippen molar-refractivity contribution in [1.29, 1.82) is 0 Å². The van der Waals surface area contributed by atoms with Crippen molar-refractivity contribution in [3.05, 3.63) is 60.4 Å². The lowest BCUT2D eigenvalue weighted by Crippen LogP contribution is -2.34. The van der Waals surface area contributed by atoms with Gasteiger partial charge in [0, 0.05) is 18.5 Å². The van der Waals surface area contributed by atoms with Crippen LogP contribution in [0.15, 0.2) is 54.3 Å². The minimum atomic E-state index is -3.61. The van der Waals surface area contributed by atoms with E-state index in [1.807, 2.05) is 23.1 Å². The fourth-order valence-electron chi connectivity index (χ4n) is 3.46. The maximum absolute atomic E-state index is 13.0. The molecule has 0 aliphatic heterocycles. The highest BCUT2D eigenvalue weighted by Gasteiger charge is 2.40. The molecule has 28 heavy (non-hydrogen) atoms. The molecule has 0 atom stereocenters. The Hall–Kier alpha value is -2.41. The van der Waals surface area contributed by atoms with Crippen LogP contribution in [0.5, 0.6) is 0 Å². The molecule has 7 heteroatoms. The van der Waals surface area contributed by atoms with Crippen molar-refractivity contribution >= 4 is 15.7 Å². The van der Waals surface area contributed by atoms with Gasteiger partial charge in [-0.3, -0.25) is 4.79 Å². The van der Waals surface area contributed by atoms with Crippen LogP contribution in [-0.2, 0) is 33.5 Å². The van der Waals surface area contributed by atoms with Crippen molar-refractivity contribution in [1.82, 2.24) is 14.5 Å². The number of allylic oxidation sites excluding steroid dienone is 1. The lowest BCUT2D eigenvalue weighted by molar-refractivity contribution is -0.133. The average Bonchev–Trinajstić information content (AvgIpc) is 3.58. The van der Waals surface area contributed by atoms with Crippen molar-refractivity contribution < 1.29 is 13.2 Å². The fourth-order valence-corrected chi connectivity index (χ4v) is 4.96. The molecule has 0 radical (unpaired) electrons. The standard InChI is InChI=1S/C21H25N3O3S/c1-2-12-23-19(14-24(18-10-11-18)20(25)17-8-9-17)13-22-21(23)28(26,27)15-16-6-4-3-5-7-16/h2-7,13,17-18H,1,8-12,14-15H2. The summed E-state index contributed by atoms with van der Waals surface area (Å²) in [6, 6.07) is 9.37. The first-order valence-electron chi connectivity index (χ1n) is 9.72. The number of nitrogens with zero attached hydrogens (tertiary/aromatic N) is 3. The summed E-state index contributed by atoms with van der Waals surface area (Å²) >= 11 is 0.